The molecule has 122 valence electrons. The average molecular weight is 352 g/mol. The Morgan fingerprint density at radius 1 is 1.48 bits per heavy atom. The van der Waals surface area contributed by atoms with Gasteiger partial charge in [0.1, 0.15) is 0 Å². The van der Waals surface area contributed by atoms with Crippen molar-refractivity contribution in [2.75, 3.05) is 11.6 Å². The summed E-state index contributed by atoms with van der Waals surface area (Å²) in [6.07, 6.45) is 3.77. The monoisotopic (exact) mass is 351 g/mol. The van der Waals surface area contributed by atoms with E-state index in [1.165, 1.54) is 0 Å². The van der Waals surface area contributed by atoms with E-state index in [-0.39, 0.29) is 11.1 Å². The summed E-state index contributed by atoms with van der Waals surface area (Å²) in [4.78, 5) is 12.6. The zero-order chi connectivity index (χ0) is 16.6. The van der Waals surface area contributed by atoms with Crippen molar-refractivity contribution in [1.82, 2.24) is 10.2 Å². The van der Waals surface area contributed by atoms with E-state index in [2.05, 4.69) is 15.5 Å². The number of halogens is 1. The SMILES string of the molecule is Cc1c(CS(C)=O)cccc1NC(=O)c1c(Cl)n[nH]c1C1CC1. The minimum Gasteiger partial charge on any atom is -0.322 e. The van der Waals surface area contributed by atoms with Crippen molar-refractivity contribution in [3.63, 3.8) is 0 Å². The summed E-state index contributed by atoms with van der Waals surface area (Å²) >= 11 is 6.07. The van der Waals surface area contributed by atoms with Crippen LogP contribution in [0.5, 0.6) is 0 Å². The van der Waals surface area contributed by atoms with Crippen LogP contribution in [0, 0.1) is 6.92 Å². The maximum atomic E-state index is 12.6. The molecule has 0 saturated heterocycles. The van der Waals surface area contributed by atoms with Crippen molar-refractivity contribution >= 4 is 34.0 Å². The molecule has 1 saturated carbocycles. The summed E-state index contributed by atoms with van der Waals surface area (Å²) < 4.78 is 11.5. The number of hydrogen-bond donors (Lipinski definition) is 2. The lowest BCUT2D eigenvalue weighted by Crippen LogP contribution is -2.15. The van der Waals surface area contributed by atoms with Gasteiger partial charge in [0, 0.05) is 34.4 Å². The van der Waals surface area contributed by atoms with Gasteiger partial charge >= 0.3 is 0 Å². The minimum atomic E-state index is -0.931. The second-order valence-corrected chi connectivity index (χ2v) is 7.63. The summed E-state index contributed by atoms with van der Waals surface area (Å²) in [5.41, 5.74) is 3.83. The molecule has 1 aliphatic carbocycles. The number of aromatic amines is 1. The number of H-pyrrole nitrogens is 1. The molecule has 0 spiro atoms. The number of nitrogens with one attached hydrogen (secondary N) is 2. The lowest BCUT2D eigenvalue weighted by Gasteiger charge is -2.12. The molecule has 0 bridgehead atoms. The Morgan fingerprint density at radius 3 is 2.87 bits per heavy atom. The van der Waals surface area contributed by atoms with Gasteiger partial charge in [-0.2, -0.15) is 5.10 Å². The number of carbonyl (C=O) groups is 1. The van der Waals surface area contributed by atoms with Crippen molar-refractivity contribution in [2.24, 2.45) is 0 Å². The molecule has 1 unspecified atom stereocenters. The first kappa shape index (κ1) is 16.2. The lowest BCUT2D eigenvalue weighted by molar-refractivity contribution is 0.102. The highest BCUT2D eigenvalue weighted by molar-refractivity contribution is 7.83. The maximum Gasteiger partial charge on any atom is 0.260 e. The van der Waals surface area contributed by atoms with E-state index in [1.807, 2.05) is 25.1 Å². The van der Waals surface area contributed by atoms with Gasteiger partial charge in [-0.3, -0.25) is 14.1 Å². The molecule has 1 atom stereocenters. The van der Waals surface area contributed by atoms with Gasteiger partial charge in [0.15, 0.2) is 5.15 Å². The standard InChI is InChI=1S/C16H18ClN3O2S/c1-9-11(8-23(2)22)4-3-5-12(9)18-16(21)13-14(10-6-7-10)19-20-15(13)17/h3-5,10H,6-8H2,1-2H3,(H,18,21)(H,19,20). The first-order chi connectivity index (χ1) is 11.0. The summed E-state index contributed by atoms with van der Waals surface area (Å²) in [6.45, 7) is 1.91. The molecule has 5 nitrogen and oxygen atoms in total. The molecular formula is C16H18ClN3O2S. The molecule has 1 aromatic heterocycles. The number of amides is 1. The highest BCUT2D eigenvalue weighted by Gasteiger charge is 2.32. The number of benzene rings is 1. The highest BCUT2D eigenvalue weighted by Crippen LogP contribution is 2.42. The lowest BCUT2D eigenvalue weighted by atomic mass is 10.1. The highest BCUT2D eigenvalue weighted by atomic mass is 35.5. The second kappa shape index (κ2) is 6.45. The Kier molecular flexibility index (Phi) is 4.55. The molecule has 1 amide bonds. The first-order valence-electron chi connectivity index (χ1n) is 7.41. The quantitative estimate of drug-likeness (QED) is 0.867. The van der Waals surface area contributed by atoms with Crippen LogP contribution in [-0.2, 0) is 16.6 Å². The van der Waals surface area contributed by atoms with Gasteiger partial charge in [-0.05, 0) is 37.0 Å². The van der Waals surface area contributed by atoms with Crippen LogP contribution in [0.15, 0.2) is 18.2 Å². The number of anilines is 1. The van der Waals surface area contributed by atoms with Crippen molar-refractivity contribution < 1.29 is 9.00 Å². The van der Waals surface area contributed by atoms with Crippen LogP contribution in [0.3, 0.4) is 0 Å². The maximum absolute atomic E-state index is 12.6. The summed E-state index contributed by atoms with van der Waals surface area (Å²) in [5, 5.41) is 9.94. The van der Waals surface area contributed by atoms with Gasteiger partial charge in [0.2, 0.25) is 0 Å². The topological polar surface area (TPSA) is 74.8 Å². The van der Waals surface area contributed by atoms with Crippen LogP contribution >= 0.6 is 11.6 Å². The molecule has 1 fully saturated rings. The number of hydrogen-bond acceptors (Lipinski definition) is 3. The second-order valence-electron chi connectivity index (χ2n) is 5.84. The zero-order valence-corrected chi connectivity index (χ0v) is 14.6. The minimum absolute atomic E-state index is 0.202. The molecule has 1 aliphatic rings. The zero-order valence-electron chi connectivity index (χ0n) is 13.0. The van der Waals surface area contributed by atoms with E-state index in [9.17, 15) is 9.00 Å². The molecule has 23 heavy (non-hydrogen) atoms. The Hall–Kier alpha value is -1.66. The molecule has 2 aromatic rings. The number of aromatic nitrogens is 2. The van der Waals surface area contributed by atoms with Gasteiger partial charge in [-0.15, -0.1) is 0 Å². The van der Waals surface area contributed by atoms with E-state index >= 15 is 0 Å². The number of nitrogens with zero attached hydrogens (tertiary/aromatic N) is 1. The van der Waals surface area contributed by atoms with E-state index in [1.54, 1.807) is 6.26 Å². The van der Waals surface area contributed by atoms with E-state index in [0.717, 1.165) is 29.7 Å². The third-order valence-electron chi connectivity index (χ3n) is 4.02. The predicted octanol–water partition coefficient (Wildman–Crippen LogP) is 3.38. The van der Waals surface area contributed by atoms with Crippen LogP contribution in [0.25, 0.3) is 0 Å². The van der Waals surface area contributed by atoms with Crippen molar-refractivity contribution in [3.05, 3.63) is 45.7 Å². The fourth-order valence-corrected chi connectivity index (χ4v) is 3.58. The van der Waals surface area contributed by atoms with Crippen LogP contribution < -0.4 is 5.32 Å². The van der Waals surface area contributed by atoms with Crippen LogP contribution in [-0.4, -0.2) is 26.6 Å². The van der Waals surface area contributed by atoms with E-state index < -0.39 is 10.8 Å². The third-order valence-corrected chi connectivity index (χ3v) is 5.01. The Bertz CT molecular complexity index is 784. The van der Waals surface area contributed by atoms with Gasteiger partial charge in [0.05, 0.1) is 11.3 Å². The molecule has 7 heteroatoms. The summed E-state index contributed by atoms with van der Waals surface area (Å²) in [7, 11) is -0.931. The number of rotatable bonds is 5. The van der Waals surface area contributed by atoms with Gasteiger partial charge in [0.25, 0.3) is 5.91 Å². The Morgan fingerprint density at radius 2 is 2.22 bits per heavy atom. The summed E-state index contributed by atoms with van der Waals surface area (Å²) in [6, 6.07) is 5.61. The van der Waals surface area contributed by atoms with E-state index in [0.29, 0.717) is 22.9 Å². The molecular weight excluding hydrogens is 334 g/mol. The molecule has 1 heterocycles. The van der Waals surface area contributed by atoms with Gasteiger partial charge in [-0.25, -0.2) is 0 Å². The first-order valence-corrected chi connectivity index (χ1v) is 9.51. The molecule has 0 radical (unpaired) electrons. The average Bonchev–Trinajstić information content (AvgIpc) is 3.25. The van der Waals surface area contributed by atoms with Crippen molar-refractivity contribution in [1.29, 1.82) is 0 Å². The fraction of sp³-hybridized carbons (Fsp3) is 0.375. The van der Waals surface area contributed by atoms with Crippen LogP contribution in [0.1, 0.15) is 45.9 Å². The van der Waals surface area contributed by atoms with E-state index in [4.69, 9.17) is 11.6 Å². The van der Waals surface area contributed by atoms with Gasteiger partial charge < -0.3 is 5.32 Å². The Balaban J connectivity index is 1.86. The third kappa shape index (κ3) is 3.48. The molecule has 3 rings (SSSR count). The van der Waals surface area contributed by atoms with Crippen molar-refractivity contribution in [2.45, 2.75) is 31.4 Å². The smallest absolute Gasteiger partial charge is 0.260 e. The summed E-state index contributed by atoms with van der Waals surface area (Å²) in [5.74, 6) is 0.559. The molecule has 0 aliphatic heterocycles. The number of carbonyl (C=O) groups excluding carboxylic acids is 1. The fourth-order valence-electron chi connectivity index (χ4n) is 2.59. The van der Waals surface area contributed by atoms with Crippen molar-refractivity contribution in [3.8, 4) is 0 Å². The molecule has 2 N–H and O–H groups in total. The van der Waals surface area contributed by atoms with Crippen LogP contribution in [0.4, 0.5) is 5.69 Å². The van der Waals surface area contributed by atoms with Gasteiger partial charge in [-0.1, -0.05) is 23.7 Å². The predicted molar refractivity (Wildman–Crippen MR) is 92.5 cm³/mol. The largest absolute Gasteiger partial charge is 0.322 e. The van der Waals surface area contributed by atoms with Crippen LogP contribution in [0.2, 0.25) is 5.15 Å². The molecule has 1 aromatic carbocycles. The Labute approximate surface area is 142 Å². The normalized spacial score (nSPS) is 15.4.